The van der Waals surface area contributed by atoms with Gasteiger partial charge in [-0.05, 0) is 67.8 Å². The van der Waals surface area contributed by atoms with E-state index in [4.69, 9.17) is 11.6 Å². The van der Waals surface area contributed by atoms with Crippen LogP contribution in [0, 0.1) is 6.92 Å². The number of aryl methyl sites for hydroxylation is 1. The molecule has 26 heavy (non-hydrogen) atoms. The van der Waals surface area contributed by atoms with Gasteiger partial charge in [-0.3, -0.25) is 0 Å². The molecule has 1 aliphatic heterocycles. The third kappa shape index (κ3) is 3.93. The molecule has 138 valence electrons. The number of benzene rings is 1. The van der Waals surface area contributed by atoms with Gasteiger partial charge in [0.05, 0.1) is 17.6 Å². The van der Waals surface area contributed by atoms with E-state index >= 15 is 0 Å². The van der Waals surface area contributed by atoms with Gasteiger partial charge in [0.1, 0.15) is 0 Å². The summed E-state index contributed by atoms with van der Waals surface area (Å²) in [7, 11) is 0. The van der Waals surface area contributed by atoms with Crippen LogP contribution >= 0.6 is 11.6 Å². The lowest BCUT2D eigenvalue weighted by molar-refractivity contribution is 0.791. The Morgan fingerprint density at radius 1 is 1.27 bits per heavy atom. The highest BCUT2D eigenvalue weighted by molar-refractivity contribution is 6.28. The van der Waals surface area contributed by atoms with Gasteiger partial charge >= 0.3 is 0 Å². The van der Waals surface area contributed by atoms with Gasteiger partial charge in [-0.15, -0.1) is 0 Å². The summed E-state index contributed by atoms with van der Waals surface area (Å²) in [5.41, 5.74) is 7.20. The lowest BCUT2D eigenvalue weighted by atomic mass is 9.91. The van der Waals surface area contributed by atoms with Gasteiger partial charge in [0.15, 0.2) is 0 Å². The molecule has 1 fully saturated rings. The van der Waals surface area contributed by atoms with Gasteiger partial charge in [0.25, 0.3) is 0 Å². The second-order valence-corrected chi connectivity index (χ2v) is 7.30. The molecule has 2 heterocycles. The Morgan fingerprint density at radius 2 is 2.04 bits per heavy atom. The number of hydrogen-bond acceptors (Lipinski definition) is 3. The molecule has 1 aliphatic rings. The summed E-state index contributed by atoms with van der Waals surface area (Å²) in [6.45, 7) is 8.66. The first kappa shape index (κ1) is 18.9. The second kappa shape index (κ2) is 8.68. The van der Waals surface area contributed by atoms with Crippen molar-refractivity contribution in [1.29, 1.82) is 0 Å². The van der Waals surface area contributed by atoms with Gasteiger partial charge in [0.2, 0.25) is 5.28 Å². The molecule has 0 radical (unpaired) electrons. The highest BCUT2D eigenvalue weighted by Crippen LogP contribution is 2.34. The normalized spacial score (nSPS) is 14.9. The van der Waals surface area contributed by atoms with Gasteiger partial charge in [-0.25, -0.2) is 9.97 Å². The number of hydrogen-bond donors (Lipinski definition) is 0. The molecule has 2 aromatic rings. The van der Waals surface area contributed by atoms with E-state index in [0.29, 0.717) is 5.28 Å². The number of rotatable bonds is 6. The Balaban J connectivity index is 2.06. The highest BCUT2D eigenvalue weighted by atomic mass is 35.5. The predicted molar refractivity (Wildman–Crippen MR) is 111 cm³/mol. The van der Waals surface area contributed by atoms with Crippen molar-refractivity contribution in [2.24, 2.45) is 0 Å². The summed E-state index contributed by atoms with van der Waals surface area (Å²) in [5, 5.41) is 0.307. The molecule has 0 atom stereocenters. The molecule has 1 aromatic heterocycles. The number of nitrogens with zero attached hydrogens (tertiary/aromatic N) is 3. The fourth-order valence-corrected chi connectivity index (χ4v) is 3.91. The number of aromatic nitrogens is 2. The van der Waals surface area contributed by atoms with E-state index in [1.807, 2.05) is 6.20 Å². The summed E-state index contributed by atoms with van der Waals surface area (Å²) < 4.78 is 0. The van der Waals surface area contributed by atoms with Gasteiger partial charge in [0, 0.05) is 18.7 Å². The van der Waals surface area contributed by atoms with Crippen LogP contribution < -0.4 is 4.90 Å². The molecular weight excluding hydrogens is 342 g/mol. The van der Waals surface area contributed by atoms with Crippen LogP contribution in [0.5, 0.6) is 0 Å². The third-order valence-electron chi connectivity index (χ3n) is 5.27. The molecule has 4 heteroatoms. The fourth-order valence-electron chi connectivity index (χ4n) is 3.77. The average molecular weight is 370 g/mol. The molecule has 0 N–H and O–H groups in total. The molecule has 0 unspecified atom stereocenters. The van der Waals surface area contributed by atoms with Crippen LogP contribution in [0.1, 0.15) is 61.9 Å². The molecule has 1 aromatic carbocycles. The van der Waals surface area contributed by atoms with Crippen LogP contribution in [0.3, 0.4) is 0 Å². The van der Waals surface area contributed by atoms with Crippen molar-refractivity contribution in [2.45, 2.75) is 52.9 Å². The van der Waals surface area contributed by atoms with Crippen molar-refractivity contribution in [3.63, 3.8) is 0 Å². The zero-order chi connectivity index (χ0) is 18.5. The Morgan fingerprint density at radius 3 is 2.73 bits per heavy atom. The zero-order valence-corrected chi connectivity index (χ0v) is 16.8. The molecule has 0 saturated carbocycles. The predicted octanol–water partition coefficient (Wildman–Crippen LogP) is 5.83. The van der Waals surface area contributed by atoms with Crippen molar-refractivity contribution in [1.82, 2.24) is 9.97 Å². The average Bonchev–Trinajstić information content (AvgIpc) is 3.17. The minimum Gasteiger partial charge on any atom is -0.369 e. The van der Waals surface area contributed by atoms with E-state index in [1.165, 1.54) is 42.4 Å². The fraction of sp³-hybridized carbons (Fsp3) is 0.455. The lowest BCUT2D eigenvalue weighted by Crippen LogP contribution is -2.20. The highest BCUT2D eigenvalue weighted by Gasteiger charge is 2.21. The quantitative estimate of drug-likeness (QED) is 0.599. The minimum atomic E-state index is 0.307. The van der Waals surface area contributed by atoms with E-state index in [-0.39, 0.29) is 0 Å². The Bertz CT molecular complexity index is 792. The number of unbranched alkanes of at least 4 members (excludes halogenated alkanes) is 1. The Labute approximate surface area is 162 Å². The molecule has 0 amide bonds. The summed E-state index contributed by atoms with van der Waals surface area (Å²) in [6, 6.07) is 6.61. The minimum absolute atomic E-state index is 0.307. The van der Waals surface area contributed by atoms with Crippen molar-refractivity contribution < 1.29 is 0 Å². The first-order valence-corrected chi connectivity index (χ1v) is 10.1. The summed E-state index contributed by atoms with van der Waals surface area (Å²) in [4.78, 5) is 11.3. The van der Waals surface area contributed by atoms with E-state index < -0.39 is 0 Å². The Kier molecular flexibility index (Phi) is 6.31. The standard InChI is InChI=1S/C22H28ClN3/c1-4-6-10-17-11-9-12-19(16(17)3)18(5-2)21-20(15-24-22(23)25-21)26-13-7-8-14-26/h5,9,11-12,15H,4,6-8,10,13-14H2,1-3H3/b18-5+. The van der Waals surface area contributed by atoms with Crippen LogP contribution in [0.4, 0.5) is 5.69 Å². The van der Waals surface area contributed by atoms with Crippen LogP contribution in [-0.4, -0.2) is 23.1 Å². The van der Waals surface area contributed by atoms with Crippen LogP contribution in [0.2, 0.25) is 5.28 Å². The number of allylic oxidation sites excluding steroid dienone is 1. The zero-order valence-electron chi connectivity index (χ0n) is 16.1. The molecule has 0 bridgehead atoms. The molecule has 1 saturated heterocycles. The van der Waals surface area contributed by atoms with E-state index in [0.717, 1.165) is 36.5 Å². The third-order valence-corrected chi connectivity index (χ3v) is 5.45. The van der Waals surface area contributed by atoms with Gasteiger partial charge in [-0.1, -0.05) is 37.6 Å². The van der Waals surface area contributed by atoms with Crippen molar-refractivity contribution in [3.05, 3.63) is 58.1 Å². The summed E-state index contributed by atoms with van der Waals surface area (Å²) in [5.74, 6) is 0. The van der Waals surface area contributed by atoms with Crippen LogP contribution in [0.25, 0.3) is 5.57 Å². The van der Waals surface area contributed by atoms with E-state index in [9.17, 15) is 0 Å². The van der Waals surface area contributed by atoms with Gasteiger partial charge in [-0.2, -0.15) is 0 Å². The maximum atomic E-state index is 6.18. The van der Waals surface area contributed by atoms with Crippen molar-refractivity contribution in [2.75, 3.05) is 18.0 Å². The SMILES string of the molecule is C/C=C(\c1cccc(CCCC)c1C)c1nc(Cl)ncc1N1CCCC1. The smallest absolute Gasteiger partial charge is 0.223 e. The van der Waals surface area contributed by atoms with Crippen molar-refractivity contribution in [3.8, 4) is 0 Å². The number of halogens is 1. The summed E-state index contributed by atoms with van der Waals surface area (Å²) in [6.07, 6.45) is 10.0. The monoisotopic (exact) mass is 369 g/mol. The van der Waals surface area contributed by atoms with E-state index in [1.54, 1.807) is 0 Å². The van der Waals surface area contributed by atoms with Gasteiger partial charge < -0.3 is 4.90 Å². The van der Waals surface area contributed by atoms with Crippen LogP contribution in [-0.2, 0) is 6.42 Å². The second-order valence-electron chi connectivity index (χ2n) is 6.96. The van der Waals surface area contributed by atoms with Crippen LogP contribution in [0.15, 0.2) is 30.5 Å². The Hall–Kier alpha value is -1.87. The molecule has 0 aliphatic carbocycles. The topological polar surface area (TPSA) is 29.0 Å². The first-order valence-electron chi connectivity index (χ1n) is 9.68. The molecule has 3 rings (SSSR count). The molecule has 0 spiro atoms. The number of anilines is 1. The lowest BCUT2D eigenvalue weighted by Gasteiger charge is -2.22. The largest absolute Gasteiger partial charge is 0.369 e. The van der Waals surface area contributed by atoms with Crippen molar-refractivity contribution >= 4 is 22.9 Å². The van der Waals surface area contributed by atoms with E-state index in [2.05, 4.69) is 59.9 Å². The molecule has 3 nitrogen and oxygen atoms in total. The summed E-state index contributed by atoms with van der Waals surface area (Å²) >= 11 is 6.18. The molecular formula is C22H28ClN3. The maximum absolute atomic E-state index is 6.18. The first-order chi connectivity index (χ1) is 12.7. The maximum Gasteiger partial charge on any atom is 0.223 e.